The second-order valence-corrected chi connectivity index (χ2v) is 5.90. The van der Waals surface area contributed by atoms with Crippen molar-refractivity contribution in [3.8, 4) is 0 Å². The van der Waals surface area contributed by atoms with E-state index in [0.29, 0.717) is 22.3 Å². The van der Waals surface area contributed by atoms with E-state index in [4.69, 9.17) is 16.3 Å². The van der Waals surface area contributed by atoms with Gasteiger partial charge in [0.25, 0.3) is 5.56 Å². The van der Waals surface area contributed by atoms with Gasteiger partial charge in [0.2, 0.25) is 4.96 Å². The van der Waals surface area contributed by atoms with Crippen LogP contribution in [-0.4, -0.2) is 21.7 Å². The molecule has 0 fully saturated rings. The Bertz CT molecular complexity index is 887. The maximum atomic E-state index is 12.2. The molecule has 112 valence electrons. The van der Waals surface area contributed by atoms with Crippen molar-refractivity contribution < 1.29 is 4.74 Å². The molecule has 7 heteroatoms. The summed E-state index contributed by atoms with van der Waals surface area (Å²) in [6, 6.07) is 9.73. The zero-order valence-corrected chi connectivity index (χ0v) is 13.3. The van der Waals surface area contributed by atoms with E-state index in [9.17, 15) is 4.79 Å². The number of halogens is 1. The smallest absolute Gasteiger partial charge is 0.294 e. The van der Waals surface area contributed by atoms with E-state index in [1.54, 1.807) is 13.2 Å². The van der Waals surface area contributed by atoms with Gasteiger partial charge < -0.3 is 4.74 Å². The number of ether oxygens (including phenoxy) is 1. The highest BCUT2D eigenvalue weighted by Crippen LogP contribution is 2.18. The average molecular weight is 334 g/mol. The normalized spacial score (nSPS) is 11.5. The van der Waals surface area contributed by atoms with Crippen molar-refractivity contribution in [1.29, 1.82) is 0 Å². The van der Waals surface area contributed by atoms with Gasteiger partial charge in [-0.2, -0.15) is 9.61 Å². The fourth-order valence-electron chi connectivity index (χ4n) is 1.91. The molecule has 2 heterocycles. The Morgan fingerprint density at radius 1 is 1.32 bits per heavy atom. The quantitative estimate of drug-likeness (QED) is 0.736. The van der Waals surface area contributed by atoms with Gasteiger partial charge in [0, 0.05) is 7.11 Å². The third-order valence-electron chi connectivity index (χ3n) is 2.92. The van der Waals surface area contributed by atoms with Gasteiger partial charge in [0.05, 0.1) is 12.3 Å². The molecular weight excluding hydrogens is 322 g/mol. The van der Waals surface area contributed by atoms with E-state index in [2.05, 4.69) is 10.1 Å². The number of benzene rings is 1. The average Bonchev–Trinajstić information content (AvgIpc) is 2.94. The minimum Gasteiger partial charge on any atom is -0.377 e. The largest absolute Gasteiger partial charge is 0.377 e. The predicted octanol–water partition coefficient (Wildman–Crippen LogP) is 3.12. The Morgan fingerprint density at radius 3 is 2.82 bits per heavy atom. The third kappa shape index (κ3) is 2.94. The van der Waals surface area contributed by atoms with E-state index in [1.807, 2.05) is 36.4 Å². The van der Waals surface area contributed by atoms with Gasteiger partial charge in [-0.25, -0.2) is 4.98 Å². The molecule has 5 nitrogen and oxygen atoms in total. The molecule has 0 N–H and O–H groups in total. The number of hydrogen-bond donors (Lipinski definition) is 0. The highest BCUT2D eigenvalue weighted by atomic mass is 35.5. The van der Waals surface area contributed by atoms with E-state index < -0.39 is 0 Å². The van der Waals surface area contributed by atoms with Crippen molar-refractivity contribution in [1.82, 2.24) is 14.6 Å². The topological polar surface area (TPSA) is 56.5 Å². The molecule has 0 unspecified atom stereocenters. The lowest BCUT2D eigenvalue weighted by Crippen LogP contribution is -2.17. The maximum Gasteiger partial charge on any atom is 0.294 e. The van der Waals surface area contributed by atoms with Crippen LogP contribution in [0.5, 0.6) is 0 Å². The summed E-state index contributed by atoms with van der Waals surface area (Å²) in [6.45, 7) is 0.334. The summed E-state index contributed by atoms with van der Waals surface area (Å²) in [5.74, 6) is 0. The van der Waals surface area contributed by atoms with E-state index in [0.717, 1.165) is 5.56 Å². The Labute approximate surface area is 135 Å². The molecule has 0 aliphatic rings. The van der Waals surface area contributed by atoms with Crippen LogP contribution >= 0.6 is 22.9 Å². The van der Waals surface area contributed by atoms with Crippen LogP contribution in [0.1, 0.15) is 16.3 Å². The number of hydrogen-bond acceptors (Lipinski definition) is 5. The standard InChI is InChI=1S/C15H12ClN3O2S/c1-21-9-12-18-19-14(20)13(16)11(17-15(19)22-12)8-7-10-5-3-2-4-6-10/h2-8H,9H2,1H3/b8-7+. The first kappa shape index (κ1) is 14.9. The van der Waals surface area contributed by atoms with Gasteiger partial charge in [-0.05, 0) is 11.6 Å². The van der Waals surface area contributed by atoms with Gasteiger partial charge >= 0.3 is 0 Å². The van der Waals surface area contributed by atoms with Crippen molar-refractivity contribution in [3.63, 3.8) is 0 Å². The monoisotopic (exact) mass is 333 g/mol. The Hall–Kier alpha value is -2.02. The van der Waals surface area contributed by atoms with Crippen LogP contribution in [0.3, 0.4) is 0 Å². The van der Waals surface area contributed by atoms with Crippen LogP contribution in [-0.2, 0) is 11.3 Å². The molecule has 0 spiro atoms. The zero-order chi connectivity index (χ0) is 15.5. The summed E-state index contributed by atoms with van der Waals surface area (Å²) in [7, 11) is 1.57. The molecule has 0 aliphatic carbocycles. The van der Waals surface area contributed by atoms with Crippen molar-refractivity contribution in [2.24, 2.45) is 0 Å². The van der Waals surface area contributed by atoms with Gasteiger partial charge in [0.15, 0.2) is 0 Å². The Balaban J connectivity index is 2.05. The molecule has 1 aromatic carbocycles. The molecule has 0 bridgehead atoms. The van der Waals surface area contributed by atoms with Crippen LogP contribution in [0.15, 0.2) is 35.1 Å². The molecule has 2 aromatic heterocycles. The van der Waals surface area contributed by atoms with Crippen LogP contribution in [0.4, 0.5) is 0 Å². The van der Waals surface area contributed by atoms with E-state index in [-0.39, 0.29) is 10.6 Å². The Kier molecular flexibility index (Phi) is 4.33. The van der Waals surface area contributed by atoms with Gasteiger partial charge in [-0.3, -0.25) is 4.79 Å². The molecule has 0 aliphatic heterocycles. The van der Waals surface area contributed by atoms with Crippen LogP contribution < -0.4 is 5.56 Å². The molecule has 3 rings (SSSR count). The van der Waals surface area contributed by atoms with Crippen LogP contribution in [0.2, 0.25) is 5.02 Å². The van der Waals surface area contributed by atoms with Crippen LogP contribution in [0, 0.1) is 0 Å². The fraction of sp³-hybridized carbons (Fsp3) is 0.133. The lowest BCUT2D eigenvalue weighted by Gasteiger charge is -1.98. The summed E-state index contributed by atoms with van der Waals surface area (Å²) >= 11 is 7.41. The van der Waals surface area contributed by atoms with Crippen molar-refractivity contribution >= 4 is 40.1 Å². The summed E-state index contributed by atoms with van der Waals surface area (Å²) in [5, 5.41) is 4.88. The van der Waals surface area contributed by atoms with E-state index >= 15 is 0 Å². The lowest BCUT2D eigenvalue weighted by molar-refractivity contribution is 0.183. The number of methoxy groups -OCH3 is 1. The highest BCUT2D eigenvalue weighted by Gasteiger charge is 2.13. The minimum atomic E-state index is -0.377. The second-order valence-electron chi connectivity index (χ2n) is 4.48. The molecule has 0 saturated carbocycles. The second kappa shape index (κ2) is 6.39. The van der Waals surface area contributed by atoms with Crippen molar-refractivity contribution in [2.75, 3.05) is 7.11 Å². The number of aromatic nitrogens is 3. The summed E-state index contributed by atoms with van der Waals surface area (Å²) in [4.78, 5) is 17.1. The summed E-state index contributed by atoms with van der Waals surface area (Å²) in [5.41, 5.74) is 1.06. The molecule has 3 aromatic rings. The zero-order valence-electron chi connectivity index (χ0n) is 11.7. The van der Waals surface area contributed by atoms with E-state index in [1.165, 1.54) is 15.9 Å². The van der Waals surface area contributed by atoms with Crippen molar-refractivity contribution in [2.45, 2.75) is 6.61 Å². The van der Waals surface area contributed by atoms with Gasteiger partial charge in [-0.15, -0.1) is 0 Å². The first-order valence-electron chi connectivity index (χ1n) is 6.49. The summed E-state index contributed by atoms with van der Waals surface area (Å²) < 4.78 is 6.23. The number of rotatable bonds is 4. The molecule has 0 atom stereocenters. The van der Waals surface area contributed by atoms with Crippen LogP contribution in [0.25, 0.3) is 17.1 Å². The molecule has 22 heavy (non-hydrogen) atoms. The maximum absolute atomic E-state index is 12.2. The fourth-order valence-corrected chi connectivity index (χ4v) is 2.96. The first-order chi connectivity index (χ1) is 10.7. The van der Waals surface area contributed by atoms with Gasteiger partial charge in [0.1, 0.15) is 10.0 Å². The SMILES string of the molecule is COCc1nn2c(=O)c(Cl)c(/C=C/c3ccccc3)nc2s1. The molecule has 0 amide bonds. The van der Waals surface area contributed by atoms with Gasteiger partial charge in [-0.1, -0.05) is 59.3 Å². The molecular formula is C15H12ClN3O2S. The summed E-state index contributed by atoms with van der Waals surface area (Å²) in [6.07, 6.45) is 3.59. The number of nitrogens with zero attached hydrogens (tertiary/aromatic N) is 3. The number of fused-ring (bicyclic) bond motifs is 1. The molecule has 0 radical (unpaired) electrons. The first-order valence-corrected chi connectivity index (χ1v) is 7.69. The minimum absolute atomic E-state index is 0.0546. The van der Waals surface area contributed by atoms with Crippen molar-refractivity contribution in [3.05, 3.63) is 62.0 Å². The highest BCUT2D eigenvalue weighted by molar-refractivity contribution is 7.16. The Morgan fingerprint density at radius 2 is 2.09 bits per heavy atom. The third-order valence-corrected chi connectivity index (χ3v) is 4.16. The lowest BCUT2D eigenvalue weighted by atomic mass is 10.2. The molecule has 0 saturated heterocycles. The predicted molar refractivity (Wildman–Crippen MR) is 88.2 cm³/mol.